The molecule has 0 aliphatic heterocycles. The van der Waals surface area contributed by atoms with Crippen molar-refractivity contribution in [2.75, 3.05) is 16.1 Å². The Balaban J connectivity index is 1.63. The number of aryl methyl sites for hydroxylation is 1. The molecule has 7 nitrogen and oxygen atoms in total. The molecule has 0 atom stereocenters. The van der Waals surface area contributed by atoms with Gasteiger partial charge in [0, 0.05) is 25.0 Å². The molecular weight excluding hydrogens is 607 g/mol. The van der Waals surface area contributed by atoms with Crippen molar-refractivity contribution in [1.82, 2.24) is 4.68 Å². The lowest BCUT2D eigenvalue weighted by molar-refractivity contribution is -0.133. The third-order valence-electron chi connectivity index (χ3n) is 5.02. The summed E-state index contributed by atoms with van der Waals surface area (Å²) in [5, 5.41) is 6.07. The minimum absolute atomic E-state index is 0.0609. The Morgan fingerprint density at radius 3 is 2.31 bits per heavy atom. The Bertz CT molecular complexity index is 1510. The third kappa shape index (κ3) is 5.55. The Morgan fingerprint density at radius 2 is 1.60 bits per heavy atom. The molecule has 0 spiro atoms. The fourth-order valence-corrected chi connectivity index (χ4v) is 4.15. The highest BCUT2D eigenvalue weighted by molar-refractivity contribution is 9.10. The van der Waals surface area contributed by atoms with E-state index in [0.717, 1.165) is 16.1 Å². The highest BCUT2D eigenvalue weighted by Gasteiger charge is 2.22. The van der Waals surface area contributed by atoms with Crippen LogP contribution in [-0.4, -0.2) is 22.4 Å². The van der Waals surface area contributed by atoms with E-state index in [4.69, 9.17) is 11.6 Å². The van der Waals surface area contributed by atoms with E-state index < -0.39 is 23.5 Å². The Labute approximate surface area is 220 Å². The summed E-state index contributed by atoms with van der Waals surface area (Å²) in [6.45, 7) is 1.84. The van der Waals surface area contributed by atoms with Crippen molar-refractivity contribution in [3.05, 3.63) is 91.7 Å². The Morgan fingerprint density at radius 1 is 0.886 bits per heavy atom. The molecule has 3 N–H and O–H groups in total. The van der Waals surface area contributed by atoms with Crippen LogP contribution < -0.4 is 16.1 Å². The maximum atomic E-state index is 14.1. The van der Waals surface area contributed by atoms with Crippen molar-refractivity contribution in [2.45, 2.75) is 6.92 Å². The molecule has 0 fully saturated rings. The normalized spacial score (nSPS) is 10.8. The van der Waals surface area contributed by atoms with Crippen LogP contribution in [0, 0.1) is 12.7 Å². The summed E-state index contributed by atoms with van der Waals surface area (Å²) in [6, 6.07) is 15.8. The van der Waals surface area contributed by atoms with E-state index in [-0.39, 0.29) is 11.4 Å². The number of nitrogens with one attached hydrogen (secondary N) is 3. The van der Waals surface area contributed by atoms with Gasteiger partial charge in [-0.2, -0.15) is 0 Å². The number of benzene rings is 3. The fraction of sp³-hybridized carbons (Fsp3) is 0.0417. The zero-order chi connectivity index (χ0) is 25.3. The molecule has 0 saturated carbocycles. The summed E-state index contributed by atoms with van der Waals surface area (Å²) in [4.78, 5) is 38.3. The van der Waals surface area contributed by atoms with Gasteiger partial charge in [-0.05, 0) is 67.1 Å². The predicted octanol–water partition coefficient (Wildman–Crippen LogP) is 6.23. The van der Waals surface area contributed by atoms with Crippen LogP contribution in [0.4, 0.5) is 15.8 Å². The number of carbonyl (C=O) groups is 3. The molecule has 0 saturated heterocycles. The van der Waals surface area contributed by atoms with Gasteiger partial charge < -0.3 is 10.6 Å². The summed E-state index contributed by atoms with van der Waals surface area (Å²) < 4.78 is 16.5. The minimum Gasteiger partial charge on any atom is -0.321 e. The molecule has 11 heteroatoms. The Hall–Kier alpha value is -3.21. The summed E-state index contributed by atoms with van der Waals surface area (Å²) in [5.74, 6) is -3.47. The molecule has 178 valence electrons. The number of fused-ring (bicyclic) bond motifs is 1. The molecule has 4 aromatic rings. The van der Waals surface area contributed by atoms with Crippen molar-refractivity contribution in [3.63, 3.8) is 0 Å². The minimum atomic E-state index is -1.11. The van der Waals surface area contributed by atoms with Crippen LogP contribution in [0.1, 0.15) is 16.1 Å². The number of rotatable bonds is 4. The molecular formula is C24H16Br2ClFN4O3. The van der Waals surface area contributed by atoms with Crippen LogP contribution in [0.2, 0.25) is 5.02 Å². The standard InChI is InChI=1S/C24H16Br2ClFN4O3/c1-12-2-5-16(11-17(12)27)29-22(33)21-9-13-8-14(25)4-7-20(13)32(21)31-24(35)23(34)30-19-6-3-15(26)10-18(19)28/h2-11H,1H3,(H,29,33)(H,30,34)(H,31,35). The smallest absolute Gasteiger partial charge is 0.321 e. The van der Waals surface area contributed by atoms with Gasteiger partial charge in [0.2, 0.25) is 0 Å². The summed E-state index contributed by atoms with van der Waals surface area (Å²) in [5.41, 5.74) is 4.10. The average molecular weight is 623 g/mol. The van der Waals surface area contributed by atoms with Crippen LogP contribution >= 0.6 is 43.5 Å². The first-order valence-electron chi connectivity index (χ1n) is 10.1. The molecule has 1 heterocycles. The van der Waals surface area contributed by atoms with Crippen molar-refractivity contribution >= 4 is 83.5 Å². The molecule has 35 heavy (non-hydrogen) atoms. The predicted molar refractivity (Wildman–Crippen MR) is 141 cm³/mol. The highest BCUT2D eigenvalue weighted by atomic mass is 79.9. The van der Waals surface area contributed by atoms with Gasteiger partial charge in [0.1, 0.15) is 11.5 Å². The van der Waals surface area contributed by atoms with Gasteiger partial charge in [-0.1, -0.05) is 49.5 Å². The zero-order valence-corrected chi connectivity index (χ0v) is 21.9. The second kappa shape index (κ2) is 10.2. The van der Waals surface area contributed by atoms with E-state index in [1.807, 2.05) is 6.92 Å². The van der Waals surface area contributed by atoms with Gasteiger partial charge in [-0.25, -0.2) is 9.07 Å². The lowest BCUT2D eigenvalue weighted by Crippen LogP contribution is -2.36. The van der Waals surface area contributed by atoms with E-state index in [2.05, 4.69) is 47.9 Å². The molecule has 4 rings (SSSR count). The van der Waals surface area contributed by atoms with Gasteiger partial charge in [0.05, 0.1) is 11.2 Å². The number of aromatic nitrogens is 1. The molecule has 0 radical (unpaired) electrons. The third-order valence-corrected chi connectivity index (χ3v) is 6.42. The summed E-state index contributed by atoms with van der Waals surface area (Å²) in [7, 11) is 0. The van der Waals surface area contributed by atoms with Crippen LogP contribution in [0.3, 0.4) is 0 Å². The van der Waals surface area contributed by atoms with E-state index in [1.165, 1.54) is 16.8 Å². The summed E-state index contributed by atoms with van der Waals surface area (Å²) in [6.07, 6.45) is 0. The monoisotopic (exact) mass is 620 g/mol. The van der Waals surface area contributed by atoms with Crippen molar-refractivity contribution in [3.8, 4) is 0 Å². The second-order valence-corrected chi connectivity index (χ2v) is 9.74. The van der Waals surface area contributed by atoms with Gasteiger partial charge in [-0.15, -0.1) is 0 Å². The van der Waals surface area contributed by atoms with Gasteiger partial charge in [-0.3, -0.25) is 19.8 Å². The number of hydrogen-bond acceptors (Lipinski definition) is 3. The first kappa shape index (κ1) is 24.9. The quantitative estimate of drug-likeness (QED) is 0.236. The first-order chi connectivity index (χ1) is 16.6. The zero-order valence-electron chi connectivity index (χ0n) is 18.0. The topological polar surface area (TPSA) is 92.2 Å². The highest BCUT2D eigenvalue weighted by Crippen LogP contribution is 2.25. The van der Waals surface area contributed by atoms with Crippen molar-refractivity contribution in [1.29, 1.82) is 0 Å². The van der Waals surface area contributed by atoms with Crippen LogP contribution in [-0.2, 0) is 9.59 Å². The molecule has 3 amide bonds. The largest absolute Gasteiger partial charge is 0.328 e. The molecule has 0 unspecified atom stereocenters. The number of anilines is 2. The number of carbonyl (C=O) groups excluding carboxylic acids is 3. The van der Waals surface area contributed by atoms with Crippen molar-refractivity contribution in [2.24, 2.45) is 0 Å². The lowest BCUT2D eigenvalue weighted by atomic mass is 10.2. The number of hydrogen-bond donors (Lipinski definition) is 3. The van der Waals surface area contributed by atoms with Crippen molar-refractivity contribution < 1.29 is 18.8 Å². The summed E-state index contributed by atoms with van der Waals surface area (Å²) >= 11 is 12.7. The molecule has 0 aliphatic rings. The number of amides is 3. The first-order valence-corrected chi connectivity index (χ1v) is 12.0. The van der Waals surface area contributed by atoms with Gasteiger partial charge in [0.15, 0.2) is 0 Å². The molecule has 0 bridgehead atoms. The SMILES string of the molecule is Cc1ccc(NC(=O)c2cc3cc(Br)ccc3n2NC(=O)C(=O)Nc2ccc(Br)cc2F)cc1Cl. The van der Waals surface area contributed by atoms with E-state index in [0.29, 0.717) is 26.1 Å². The second-order valence-electron chi connectivity index (χ2n) is 7.51. The Kier molecular flexibility index (Phi) is 7.25. The maximum absolute atomic E-state index is 14.1. The molecule has 3 aromatic carbocycles. The number of nitrogens with zero attached hydrogens (tertiary/aromatic N) is 1. The lowest BCUT2D eigenvalue weighted by Gasteiger charge is -2.13. The van der Waals surface area contributed by atoms with Crippen LogP contribution in [0.15, 0.2) is 69.6 Å². The fourth-order valence-electron chi connectivity index (χ4n) is 3.26. The van der Waals surface area contributed by atoms with E-state index in [9.17, 15) is 18.8 Å². The molecule has 1 aromatic heterocycles. The maximum Gasteiger partial charge on any atom is 0.328 e. The van der Waals surface area contributed by atoms with Gasteiger partial charge in [0.25, 0.3) is 5.91 Å². The van der Waals surface area contributed by atoms with Crippen LogP contribution in [0.25, 0.3) is 10.9 Å². The van der Waals surface area contributed by atoms with E-state index >= 15 is 0 Å². The molecule has 0 aliphatic carbocycles. The average Bonchev–Trinajstić information content (AvgIpc) is 3.15. The number of halogens is 4. The van der Waals surface area contributed by atoms with Gasteiger partial charge >= 0.3 is 11.8 Å². The van der Waals surface area contributed by atoms with Crippen LogP contribution in [0.5, 0.6) is 0 Å². The van der Waals surface area contributed by atoms with E-state index in [1.54, 1.807) is 42.5 Å².